The van der Waals surface area contributed by atoms with Crippen molar-refractivity contribution in [1.29, 1.82) is 0 Å². The Morgan fingerprint density at radius 1 is 1.70 bits per heavy atom. The van der Waals surface area contributed by atoms with Gasteiger partial charge in [-0.15, -0.1) is 0 Å². The topological polar surface area (TPSA) is 42.3 Å². The quantitative estimate of drug-likeness (QED) is 0.486. The van der Waals surface area contributed by atoms with Gasteiger partial charge in [0.2, 0.25) is 0 Å². The number of nitroso groups, excluding NO2 is 1. The van der Waals surface area contributed by atoms with Gasteiger partial charge in [0.25, 0.3) is 0 Å². The second kappa shape index (κ2) is 3.27. The Bertz CT molecular complexity index is 239. The summed E-state index contributed by atoms with van der Waals surface area (Å²) in [5.41, 5.74) is 0.787. The van der Waals surface area contributed by atoms with Crippen molar-refractivity contribution >= 4 is 11.6 Å². The highest BCUT2D eigenvalue weighted by atomic mass is 35.5. The van der Waals surface area contributed by atoms with E-state index in [1.807, 2.05) is 0 Å². The molecule has 0 bridgehead atoms. The molecule has 0 aliphatic heterocycles. The van der Waals surface area contributed by atoms with E-state index in [0.29, 0.717) is 5.15 Å². The van der Waals surface area contributed by atoms with Crippen molar-refractivity contribution in [3.05, 3.63) is 34.0 Å². The maximum Gasteiger partial charge on any atom is 0.129 e. The molecule has 1 heterocycles. The molecular weight excluding hydrogens is 152 g/mol. The summed E-state index contributed by atoms with van der Waals surface area (Å²) in [6.45, 7) is 0.155. The van der Waals surface area contributed by atoms with Crippen molar-refractivity contribution in [2.24, 2.45) is 5.18 Å². The number of rotatable bonds is 2. The molecule has 0 aromatic carbocycles. The zero-order valence-electron chi connectivity index (χ0n) is 5.12. The zero-order valence-corrected chi connectivity index (χ0v) is 5.88. The van der Waals surface area contributed by atoms with E-state index in [1.54, 1.807) is 18.3 Å². The Kier molecular flexibility index (Phi) is 2.34. The summed E-state index contributed by atoms with van der Waals surface area (Å²) < 4.78 is 0. The van der Waals surface area contributed by atoms with Crippen LogP contribution in [0.4, 0.5) is 0 Å². The fourth-order valence-electron chi connectivity index (χ4n) is 0.615. The van der Waals surface area contributed by atoms with Crippen LogP contribution in [-0.4, -0.2) is 4.98 Å². The van der Waals surface area contributed by atoms with E-state index in [1.165, 1.54) is 0 Å². The van der Waals surface area contributed by atoms with E-state index in [2.05, 4.69) is 10.2 Å². The summed E-state index contributed by atoms with van der Waals surface area (Å²) in [7, 11) is 0. The molecule has 10 heavy (non-hydrogen) atoms. The molecule has 0 spiro atoms. The number of pyridine rings is 1. The first-order valence-electron chi connectivity index (χ1n) is 2.72. The predicted octanol–water partition coefficient (Wildman–Crippen LogP) is 2.00. The van der Waals surface area contributed by atoms with E-state index in [-0.39, 0.29) is 6.54 Å². The third kappa shape index (κ3) is 1.77. The molecule has 0 amide bonds. The minimum Gasteiger partial charge on any atom is -0.245 e. The van der Waals surface area contributed by atoms with Crippen molar-refractivity contribution in [2.45, 2.75) is 6.54 Å². The number of hydrogen-bond donors (Lipinski definition) is 0. The molecule has 0 atom stereocenters. The van der Waals surface area contributed by atoms with E-state index in [0.717, 1.165) is 5.56 Å². The normalized spacial score (nSPS) is 9.30. The van der Waals surface area contributed by atoms with Crippen molar-refractivity contribution in [2.75, 3.05) is 0 Å². The lowest BCUT2D eigenvalue weighted by Gasteiger charge is -1.91. The van der Waals surface area contributed by atoms with Crippen molar-refractivity contribution < 1.29 is 0 Å². The molecule has 0 unspecified atom stereocenters. The predicted molar refractivity (Wildman–Crippen MR) is 38.7 cm³/mol. The van der Waals surface area contributed by atoms with Gasteiger partial charge in [-0.05, 0) is 17.7 Å². The van der Waals surface area contributed by atoms with Gasteiger partial charge in [0, 0.05) is 6.20 Å². The minimum atomic E-state index is 0.155. The fraction of sp³-hybridized carbons (Fsp3) is 0.167. The largest absolute Gasteiger partial charge is 0.245 e. The molecule has 1 aromatic heterocycles. The van der Waals surface area contributed by atoms with Crippen molar-refractivity contribution in [3.8, 4) is 0 Å². The third-order valence-electron chi connectivity index (χ3n) is 1.04. The molecule has 3 nitrogen and oxygen atoms in total. The highest BCUT2D eigenvalue weighted by Gasteiger charge is 1.92. The van der Waals surface area contributed by atoms with Crippen LogP contribution < -0.4 is 0 Å². The van der Waals surface area contributed by atoms with E-state index >= 15 is 0 Å². The first-order valence-corrected chi connectivity index (χ1v) is 3.10. The standard InChI is InChI=1S/C6H5ClN2O/c7-6-3-5(4-9-10)1-2-8-6/h1-3H,4H2. The Morgan fingerprint density at radius 3 is 3.10 bits per heavy atom. The van der Waals surface area contributed by atoms with E-state index in [9.17, 15) is 4.91 Å². The molecule has 0 radical (unpaired) electrons. The van der Waals surface area contributed by atoms with Gasteiger partial charge < -0.3 is 0 Å². The number of nitrogens with zero attached hydrogens (tertiary/aromatic N) is 2. The van der Waals surface area contributed by atoms with E-state index < -0.39 is 0 Å². The Morgan fingerprint density at radius 2 is 2.50 bits per heavy atom. The van der Waals surface area contributed by atoms with Crippen LogP contribution in [0, 0.1) is 4.91 Å². The second-order valence-corrected chi connectivity index (χ2v) is 2.16. The molecule has 0 aliphatic carbocycles. The molecule has 0 N–H and O–H groups in total. The SMILES string of the molecule is O=NCc1ccnc(Cl)c1. The van der Waals surface area contributed by atoms with Crippen LogP contribution in [0.5, 0.6) is 0 Å². The Balaban J connectivity index is 2.84. The van der Waals surface area contributed by atoms with Crippen LogP contribution in [0.25, 0.3) is 0 Å². The van der Waals surface area contributed by atoms with Gasteiger partial charge in [0.05, 0.1) is 0 Å². The number of hydrogen-bond acceptors (Lipinski definition) is 3. The lowest BCUT2D eigenvalue weighted by molar-refractivity contribution is 1.04. The van der Waals surface area contributed by atoms with Crippen molar-refractivity contribution in [3.63, 3.8) is 0 Å². The van der Waals surface area contributed by atoms with Crippen LogP contribution in [0.1, 0.15) is 5.56 Å². The molecule has 4 heteroatoms. The average Bonchev–Trinajstić information content (AvgIpc) is 1.88. The second-order valence-electron chi connectivity index (χ2n) is 1.77. The maximum absolute atomic E-state index is 9.77. The summed E-state index contributed by atoms with van der Waals surface area (Å²) >= 11 is 5.53. The van der Waals surface area contributed by atoms with Gasteiger partial charge in [-0.25, -0.2) is 4.98 Å². The summed E-state index contributed by atoms with van der Waals surface area (Å²) in [6.07, 6.45) is 1.54. The van der Waals surface area contributed by atoms with Gasteiger partial charge in [-0.2, -0.15) is 4.91 Å². The number of aromatic nitrogens is 1. The lowest BCUT2D eigenvalue weighted by Crippen LogP contribution is -1.81. The van der Waals surface area contributed by atoms with Gasteiger partial charge in [-0.1, -0.05) is 16.8 Å². The molecule has 1 rings (SSSR count). The zero-order chi connectivity index (χ0) is 7.40. The minimum absolute atomic E-state index is 0.155. The monoisotopic (exact) mass is 156 g/mol. The first-order chi connectivity index (χ1) is 4.83. The third-order valence-corrected chi connectivity index (χ3v) is 1.24. The molecule has 0 fully saturated rings. The Labute approximate surface area is 63.0 Å². The van der Waals surface area contributed by atoms with Gasteiger partial charge in [0.15, 0.2) is 0 Å². The smallest absolute Gasteiger partial charge is 0.129 e. The molecular formula is C6H5ClN2O. The van der Waals surface area contributed by atoms with Gasteiger partial charge in [-0.3, -0.25) is 0 Å². The molecule has 0 saturated carbocycles. The van der Waals surface area contributed by atoms with Crippen LogP contribution in [0.2, 0.25) is 5.15 Å². The number of halogens is 1. The van der Waals surface area contributed by atoms with E-state index in [4.69, 9.17) is 11.6 Å². The Hall–Kier alpha value is -0.960. The summed E-state index contributed by atoms with van der Waals surface area (Å²) in [4.78, 5) is 13.5. The lowest BCUT2D eigenvalue weighted by atomic mass is 10.3. The first kappa shape index (κ1) is 7.15. The molecule has 0 saturated heterocycles. The highest BCUT2D eigenvalue weighted by molar-refractivity contribution is 6.29. The van der Waals surface area contributed by atoms with Gasteiger partial charge >= 0.3 is 0 Å². The van der Waals surface area contributed by atoms with Crippen LogP contribution in [0.3, 0.4) is 0 Å². The van der Waals surface area contributed by atoms with Crippen molar-refractivity contribution in [1.82, 2.24) is 4.98 Å². The molecule has 52 valence electrons. The highest BCUT2D eigenvalue weighted by Crippen LogP contribution is 2.07. The van der Waals surface area contributed by atoms with Gasteiger partial charge in [0.1, 0.15) is 11.7 Å². The van der Waals surface area contributed by atoms with Crippen LogP contribution in [0.15, 0.2) is 23.5 Å². The van der Waals surface area contributed by atoms with Crippen LogP contribution >= 0.6 is 11.6 Å². The summed E-state index contributed by atoms with van der Waals surface area (Å²) in [6, 6.07) is 3.32. The summed E-state index contributed by atoms with van der Waals surface area (Å²) in [5.74, 6) is 0. The molecule has 1 aromatic rings. The van der Waals surface area contributed by atoms with Crippen LogP contribution in [-0.2, 0) is 6.54 Å². The maximum atomic E-state index is 9.77. The fourth-order valence-corrected chi connectivity index (χ4v) is 0.812. The summed E-state index contributed by atoms with van der Waals surface area (Å²) in [5, 5.41) is 3.10. The average molecular weight is 157 g/mol. The molecule has 0 aliphatic rings.